The molecule has 0 fully saturated rings. The van der Waals surface area contributed by atoms with Crippen molar-refractivity contribution >= 4 is 5.78 Å². The molecule has 0 N–H and O–H groups in total. The molecule has 0 amide bonds. The van der Waals surface area contributed by atoms with E-state index in [1.54, 1.807) is 0 Å². The number of rotatable bonds is 9. The fraction of sp³-hybridized carbons (Fsp3) is 0.409. The maximum atomic E-state index is 12.6. The molecule has 0 bridgehead atoms. The van der Waals surface area contributed by atoms with Crippen LogP contribution in [0.3, 0.4) is 0 Å². The minimum atomic E-state index is 0.114. The lowest BCUT2D eigenvalue weighted by atomic mass is 9.97. The Morgan fingerprint density at radius 3 is 2.21 bits per heavy atom. The summed E-state index contributed by atoms with van der Waals surface area (Å²) in [6, 6.07) is 15.9. The van der Waals surface area contributed by atoms with Crippen LogP contribution in [-0.2, 0) is 6.42 Å². The molecule has 0 heterocycles. The van der Waals surface area contributed by atoms with Gasteiger partial charge < -0.3 is 4.90 Å². The number of benzene rings is 2. The topological polar surface area (TPSA) is 20.3 Å². The molecule has 0 saturated carbocycles. The maximum absolute atomic E-state index is 12.6. The van der Waals surface area contributed by atoms with E-state index in [2.05, 4.69) is 31.1 Å². The second-order valence-electron chi connectivity index (χ2n) is 6.81. The number of carbonyl (C=O) groups is 1. The van der Waals surface area contributed by atoms with Crippen LogP contribution in [0.25, 0.3) is 0 Å². The molecular weight excluding hydrogens is 294 g/mol. The van der Waals surface area contributed by atoms with Crippen molar-refractivity contribution in [1.82, 2.24) is 4.90 Å². The summed E-state index contributed by atoms with van der Waals surface area (Å²) in [5.41, 5.74) is 3.93. The molecule has 128 valence electrons. The van der Waals surface area contributed by atoms with Crippen molar-refractivity contribution in [2.24, 2.45) is 0 Å². The molecule has 0 saturated heterocycles. The summed E-state index contributed by atoms with van der Waals surface area (Å²) >= 11 is 0. The van der Waals surface area contributed by atoms with Crippen LogP contribution in [0.4, 0.5) is 0 Å². The fourth-order valence-electron chi connectivity index (χ4n) is 2.92. The van der Waals surface area contributed by atoms with Gasteiger partial charge in [0.25, 0.3) is 0 Å². The third kappa shape index (κ3) is 5.61. The third-order valence-corrected chi connectivity index (χ3v) is 4.43. The zero-order valence-electron chi connectivity index (χ0n) is 15.2. The number of nitrogens with zero attached hydrogens (tertiary/aromatic N) is 1. The Labute approximate surface area is 146 Å². The lowest BCUT2D eigenvalue weighted by molar-refractivity contribution is 0.103. The molecule has 24 heavy (non-hydrogen) atoms. The van der Waals surface area contributed by atoms with E-state index in [1.807, 2.05) is 43.3 Å². The predicted octanol–water partition coefficient (Wildman–Crippen LogP) is 4.89. The lowest BCUT2D eigenvalue weighted by Gasteiger charge is -2.09. The van der Waals surface area contributed by atoms with Crippen LogP contribution in [0.2, 0.25) is 0 Å². The standard InChI is InChI=1S/C22H29NO/c1-18-10-7-8-12-21(18)22(24)20-15-13-19(14-16-20)11-6-4-5-9-17-23(2)3/h7-8,10,12-16H,4-6,9,11,17H2,1-3H3. The van der Waals surface area contributed by atoms with Crippen molar-refractivity contribution < 1.29 is 4.79 Å². The molecule has 0 aliphatic rings. The largest absolute Gasteiger partial charge is 0.309 e. The van der Waals surface area contributed by atoms with Gasteiger partial charge in [0.1, 0.15) is 0 Å². The lowest BCUT2D eigenvalue weighted by Crippen LogP contribution is -2.12. The number of unbranched alkanes of at least 4 members (excludes halogenated alkanes) is 3. The number of ketones is 1. The minimum Gasteiger partial charge on any atom is -0.309 e. The Hall–Kier alpha value is -1.93. The average Bonchev–Trinajstić information content (AvgIpc) is 2.58. The summed E-state index contributed by atoms with van der Waals surface area (Å²) in [4.78, 5) is 14.8. The zero-order valence-corrected chi connectivity index (χ0v) is 15.2. The molecular formula is C22H29NO. The summed E-state index contributed by atoms with van der Waals surface area (Å²) in [7, 11) is 4.25. The average molecular weight is 323 g/mol. The molecule has 0 aliphatic heterocycles. The van der Waals surface area contributed by atoms with Gasteiger partial charge in [-0.2, -0.15) is 0 Å². The molecule has 2 nitrogen and oxygen atoms in total. The summed E-state index contributed by atoms with van der Waals surface area (Å²) in [5.74, 6) is 0.114. The second-order valence-corrected chi connectivity index (χ2v) is 6.81. The van der Waals surface area contributed by atoms with Crippen LogP contribution < -0.4 is 0 Å². The molecule has 0 aromatic heterocycles. The van der Waals surface area contributed by atoms with Gasteiger partial charge in [0.15, 0.2) is 5.78 Å². The molecule has 0 spiro atoms. The molecule has 0 unspecified atom stereocenters. The van der Waals surface area contributed by atoms with Gasteiger partial charge in [-0.05, 0) is 58.0 Å². The van der Waals surface area contributed by atoms with Gasteiger partial charge in [0, 0.05) is 11.1 Å². The van der Waals surface area contributed by atoms with Gasteiger partial charge in [0.2, 0.25) is 0 Å². The van der Waals surface area contributed by atoms with E-state index >= 15 is 0 Å². The normalized spacial score (nSPS) is 11.0. The summed E-state index contributed by atoms with van der Waals surface area (Å²) < 4.78 is 0. The van der Waals surface area contributed by atoms with Gasteiger partial charge >= 0.3 is 0 Å². The third-order valence-electron chi connectivity index (χ3n) is 4.43. The Morgan fingerprint density at radius 2 is 1.54 bits per heavy atom. The van der Waals surface area contributed by atoms with Crippen LogP contribution >= 0.6 is 0 Å². The molecule has 2 aromatic rings. The highest BCUT2D eigenvalue weighted by Crippen LogP contribution is 2.16. The van der Waals surface area contributed by atoms with Crippen molar-refractivity contribution in [1.29, 1.82) is 0 Å². The van der Waals surface area contributed by atoms with Crippen molar-refractivity contribution in [2.75, 3.05) is 20.6 Å². The van der Waals surface area contributed by atoms with E-state index in [0.29, 0.717) is 0 Å². The molecule has 0 aliphatic carbocycles. The van der Waals surface area contributed by atoms with Gasteiger partial charge in [-0.25, -0.2) is 0 Å². The molecule has 2 rings (SSSR count). The Bertz CT molecular complexity index is 643. The molecule has 0 atom stereocenters. The van der Waals surface area contributed by atoms with E-state index in [9.17, 15) is 4.79 Å². The molecule has 2 heteroatoms. The SMILES string of the molecule is Cc1ccccc1C(=O)c1ccc(CCCCCCN(C)C)cc1. The first-order valence-electron chi connectivity index (χ1n) is 8.92. The zero-order chi connectivity index (χ0) is 17.4. The van der Waals surface area contributed by atoms with Crippen LogP contribution in [0, 0.1) is 6.92 Å². The van der Waals surface area contributed by atoms with Crippen LogP contribution in [-0.4, -0.2) is 31.3 Å². The Morgan fingerprint density at radius 1 is 0.875 bits per heavy atom. The van der Waals surface area contributed by atoms with Crippen molar-refractivity contribution in [3.8, 4) is 0 Å². The first kappa shape index (κ1) is 18.4. The minimum absolute atomic E-state index is 0.114. The number of aryl methyl sites for hydroxylation is 2. The number of hydrogen-bond acceptors (Lipinski definition) is 2. The van der Waals surface area contributed by atoms with Crippen molar-refractivity contribution in [2.45, 2.75) is 39.0 Å². The maximum Gasteiger partial charge on any atom is 0.193 e. The fourth-order valence-corrected chi connectivity index (χ4v) is 2.92. The first-order chi connectivity index (χ1) is 11.6. The molecule has 2 aromatic carbocycles. The second kappa shape index (κ2) is 9.39. The summed E-state index contributed by atoms with van der Waals surface area (Å²) in [6.45, 7) is 3.16. The van der Waals surface area contributed by atoms with Gasteiger partial charge in [-0.3, -0.25) is 4.79 Å². The van der Waals surface area contributed by atoms with Crippen LogP contribution in [0.5, 0.6) is 0 Å². The smallest absolute Gasteiger partial charge is 0.193 e. The van der Waals surface area contributed by atoms with Gasteiger partial charge in [-0.15, -0.1) is 0 Å². The van der Waals surface area contributed by atoms with Crippen molar-refractivity contribution in [3.05, 3.63) is 70.8 Å². The van der Waals surface area contributed by atoms with E-state index in [0.717, 1.165) is 23.1 Å². The number of hydrogen-bond donors (Lipinski definition) is 0. The number of carbonyl (C=O) groups excluding carboxylic acids is 1. The predicted molar refractivity (Wildman–Crippen MR) is 102 cm³/mol. The highest BCUT2D eigenvalue weighted by Gasteiger charge is 2.10. The van der Waals surface area contributed by atoms with Gasteiger partial charge in [0.05, 0.1) is 0 Å². The quantitative estimate of drug-likeness (QED) is 0.484. The summed E-state index contributed by atoms with van der Waals surface area (Å²) in [6.07, 6.45) is 6.16. The van der Waals surface area contributed by atoms with Gasteiger partial charge in [-0.1, -0.05) is 61.4 Å². The Kier molecular flexibility index (Phi) is 7.20. The van der Waals surface area contributed by atoms with E-state index in [4.69, 9.17) is 0 Å². The Balaban J connectivity index is 1.83. The van der Waals surface area contributed by atoms with Crippen LogP contribution in [0.15, 0.2) is 48.5 Å². The highest BCUT2D eigenvalue weighted by molar-refractivity contribution is 6.09. The monoisotopic (exact) mass is 323 g/mol. The van der Waals surface area contributed by atoms with Crippen LogP contribution in [0.1, 0.15) is 52.7 Å². The van der Waals surface area contributed by atoms with E-state index < -0.39 is 0 Å². The van der Waals surface area contributed by atoms with E-state index in [1.165, 1.54) is 37.8 Å². The van der Waals surface area contributed by atoms with Crippen molar-refractivity contribution in [3.63, 3.8) is 0 Å². The highest BCUT2D eigenvalue weighted by atomic mass is 16.1. The van der Waals surface area contributed by atoms with E-state index in [-0.39, 0.29) is 5.78 Å². The molecule has 0 radical (unpaired) electrons. The summed E-state index contributed by atoms with van der Waals surface area (Å²) in [5, 5.41) is 0. The first-order valence-corrected chi connectivity index (χ1v) is 8.92.